The van der Waals surface area contributed by atoms with Crippen molar-refractivity contribution in [1.29, 1.82) is 0 Å². The Kier molecular flexibility index (Phi) is 4.10. The zero-order chi connectivity index (χ0) is 15.6. The van der Waals surface area contributed by atoms with Gasteiger partial charge in [-0.2, -0.15) is 4.72 Å². The predicted molar refractivity (Wildman–Crippen MR) is 73.4 cm³/mol. The molecule has 2 rings (SSSR count). The van der Waals surface area contributed by atoms with Gasteiger partial charge in [0.1, 0.15) is 5.76 Å². The SMILES string of the molecule is Cc1cnc(C(C)NS(=O)(=O)c2cccc(C(=O)O)c2)o1. The van der Waals surface area contributed by atoms with Gasteiger partial charge in [-0.05, 0) is 32.0 Å². The van der Waals surface area contributed by atoms with Crippen molar-refractivity contribution in [1.82, 2.24) is 9.71 Å². The van der Waals surface area contributed by atoms with E-state index in [2.05, 4.69) is 9.71 Å². The Bertz CT molecular complexity index is 766. The summed E-state index contributed by atoms with van der Waals surface area (Å²) in [5.74, 6) is -0.377. The molecule has 112 valence electrons. The molecule has 0 saturated heterocycles. The van der Waals surface area contributed by atoms with Gasteiger partial charge in [-0.15, -0.1) is 0 Å². The van der Waals surface area contributed by atoms with Crippen LogP contribution in [0.1, 0.15) is 35.0 Å². The van der Waals surface area contributed by atoms with Gasteiger partial charge in [0.25, 0.3) is 0 Å². The molecule has 1 atom stereocenters. The molecule has 0 bridgehead atoms. The van der Waals surface area contributed by atoms with Gasteiger partial charge in [0.05, 0.1) is 22.7 Å². The number of carbonyl (C=O) groups is 1. The maximum Gasteiger partial charge on any atom is 0.335 e. The zero-order valence-electron chi connectivity index (χ0n) is 11.4. The van der Waals surface area contributed by atoms with Crippen LogP contribution < -0.4 is 4.72 Å². The lowest BCUT2D eigenvalue weighted by Gasteiger charge is -2.11. The standard InChI is InChI=1S/C13H14N2O5S/c1-8-7-14-12(20-8)9(2)15-21(18,19)11-5-3-4-10(6-11)13(16)17/h3-7,9,15H,1-2H3,(H,16,17). The minimum absolute atomic E-state index is 0.0995. The van der Waals surface area contributed by atoms with E-state index in [1.54, 1.807) is 13.8 Å². The molecular weight excluding hydrogens is 296 g/mol. The van der Waals surface area contributed by atoms with Crippen molar-refractivity contribution in [2.75, 3.05) is 0 Å². The fraction of sp³-hybridized carbons (Fsp3) is 0.231. The first-order chi connectivity index (χ1) is 9.79. The summed E-state index contributed by atoms with van der Waals surface area (Å²) in [7, 11) is -3.87. The summed E-state index contributed by atoms with van der Waals surface area (Å²) in [6.07, 6.45) is 1.49. The average Bonchev–Trinajstić information content (AvgIpc) is 2.85. The van der Waals surface area contributed by atoms with Crippen LogP contribution >= 0.6 is 0 Å². The highest BCUT2D eigenvalue weighted by Gasteiger charge is 2.22. The average molecular weight is 310 g/mol. The first-order valence-corrected chi connectivity index (χ1v) is 7.56. The third-order valence-electron chi connectivity index (χ3n) is 2.73. The Hall–Kier alpha value is -2.19. The smallest absolute Gasteiger partial charge is 0.335 e. The van der Waals surface area contributed by atoms with Crippen molar-refractivity contribution < 1.29 is 22.7 Å². The van der Waals surface area contributed by atoms with Gasteiger partial charge < -0.3 is 9.52 Å². The van der Waals surface area contributed by atoms with Crippen LogP contribution in [0.15, 0.2) is 39.8 Å². The molecule has 2 N–H and O–H groups in total. The maximum atomic E-state index is 12.2. The minimum Gasteiger partial charge on any atom is -0.478 e. The van der Waals surface area contributed by atoms with E-state index in [4.69, 9.17) is 9.52 Å². The maximum absolute atomic E-state index is 12.2. The van der Waals surface area contributed by atoms with Crippen LogP contribution in [0, 0.1) is 6.92 Å². The lowest BCUT2D eigenvalue weighted by molar-refractivity contribution is 0.0696. The van der Waals surface area contributed by atoms with E-state index in [1.165, 1.54) is 24.4 Å². The molecule has 21 heavy (non-hydrogen) atoms. The highest BCUT2D eigenvalue weighted by atomic mass is 32.2. The summed E-state index contributed by atoms with van der Waals surface area (Å²) in [6, 6.07) is 4.44. The second-order valence-corrected chi connectivity index (χ2v) is 6.20. The number of hydrogen-bond donors (Lipinski definition) is 2. The van der Waals surface area contributed by atoms with Crippen molar-refractivity contribution in [2.24, 2.45) is 0 Å². The lowest BCUT2D eigenvalue weighted by Crippen LogP contribution is -2.27. The Morgan fingerprint density at radius 2 is 2.14 bits per heavy atom. The van der Waals surface area contributed by atoms with Crippen LogP contribution in [-0.2, 0) is 10.0 Å². The molecule has 1 aromatic heterocycles. The van der Waals surface area contributed by atoms with Crippen LogP contribution in [0.5, 0.6) is 0 Å². The van der Waals surface area contributed by atoms with Crippen LogP contribution in [0.2, 0.25) is 0 Å². The lowest BCUT2D eigenvalue weighted by atomic mass is 10.2. The Labute approximate surface area is 121 Å². The van der Waals surface area contributed by atoms with Crippen molar-refractivity contribution in [3.8, 4) is 0 Å². The largest absolute Gasteiger partial charge is 0.478 e. The molecule has 0 radical (unpaired) electrons. The molecular formula is C13H14N2O5S. The first-order valence-electron chi connectivity index (χ1n) is 6.07. The van der Waals surface area contributed by atoms with E-state index in [-0.39, 0.29) is 16.3 Å². The molecule has 8 heteroatoms. The molecule has 2 aromatic rings. The number of oxazole rings is 1. The molecule has 0 spiro atoms. The van der Waals surface area contributed by atoms with E-state index in [0.717, 1.165) is 6.07 Å². The molecule has 7 nitrogen and oxygen atoms in total. The Morgan fingerprint density at radius 3 is 2.71 bits per heavy atom. The van der Waals surface area contributed by atoms with E-state index in [9.17, 15) is 13.2 Å². The van der Waals surface area contributed by atoms with E-state index >= 15 is 0 Å². The topological polar surface area (TPSA) is 110 Å². The van der Waals surface area contributed by atoms with Gasteiger partial charge in [-0.25, -0.2) is 18.2 Å². The fourth-order valence-electron chi connectivity index (χ4n) is 1.72. The van der Waals surface area contributed by atoms with E-state index in [1.807, 2.05) is 0 Å². The first kappa shape index (κ1) is 15.2. The van der Waals surface area contributed by atoms with Crippen LogP contribution in [0.25, 0.3) is 0 Å². The molecule has 1 heterocycles. The summed E-state index contributed by atoms with van der Waals surface area (Å²) < 4.78 is 32.1. The van der Waals surface area contributed by atoms with Crippen LogP contribution in [-0.4, -0.2) is 24.5 Å². The van der Waals surface area contributed by atoms with Gasteiger partial charge in [-0.3, -0.25) is 0 Å². The summed E-state index contributed by atoms with van der Waals surface area (Å²) in [5.41, 5.74) is -0.0995. The fourth-order valence-corrected chi connectivity index (χ4v) is 2.96. The van der Waals surface area contributed by atoms with Crippen LogP contribution in [0.3, 0.4) is 0 Å². The molecule has 0 saturated carbocycles. The monoisotopic (exact) mass is 310 g/mol. The Morgan fingerprint density at radius 1 is 1.43 bits per heavy atom. The third-order valence-corrected chi connectivity index (χ3v) is 4.27. The van der Waals surface area contributed by atoms with Crippen molar-refractivity contribution in [3.05, 3.63) is 47.7 Å². The normalized spacial score (nSPS) is 13.0. The third kappa shape index (κ3) is 3.47. The van der Waals surface area contributed by atoms with E-state index in [0.29, 0.717) is 5.76 Å². The highest BCUT2D eigenvalue weighted by Crippen LogP contribution is 2.17. The number of benzene rings is 1. The van der Waals surface area contributed by atoms with Gasteiger partial charge in [-0.1, -0.05) is 6.07 Å². The number of carboxylic acid groups (broad SMARTS) is 1. The van der Waals surface area contributed by atoms with Gasteiger partial charge in [0, 0.05) is 0 Å². The second-order valence-electron chi connectivity index (χ2n) is 4.49. The van der Waals surface area contributed by atoms with E-state index < -0.39 is 22.0 Å². The molecule has 1 aromatic carbocycles. The summed E-state index contributed by atoms with van der Waals surface area (Å²) in [4.78, 5) is 14.7. The summed E-state index contributed by atoms with van der Waals surface area (Å²) in [6.45, 7) is 3.29. The Balaban J connectivity index is 2.26. The number of carboxylic acids is 1. The zero-order valence-corrected chi connectivity index (χ0v) is 12.2. The highest BCUT2D eigenvalue weighted by molar-refractivity contribution is 7.89. The van der Waals surface area contributed by atoms with Crippen molar-refractivity contribution in [3.63, 3.8) is 0 Å². The second kappa shape index (κ2) is 5.66. The number of nitrogens with zero attached hydrogens (tertiary/aromatic N) is 1. The van der Waals surface area contributed by atoms with Gasteiger partial charge in [0.15, 0.2) is 0 Å². The van der Waals surface area contributed by atoms with Gasteiger partial charge >= 0.3 is 5.97 Å². The molecule has 0 fully saturated rings. The molecule has 1 unspecified atom stereocenters. The number of aromatic carboxylic acids is 1. The van der Waals surface area contributed by atoms with Gasteiger partial charge in [0.2, 0.25) is 15.9 Å². The predicted octanol–water partition coefficient (Wildman–Crippen LogP) is 1.72. The number of aryl methyl sites for hydroxylation is 1. The quantitative estimate of drug-likeness (QED) is 0.870. The molecule has 0 aliphatic rings. The molecule has 0 aliphatic carbocycles. The molecule has 0 amide bonds. The number of hydrogen-bond acceptors (Lipinski definition) is 5. The number of rotatable bonds is 5. The number of nitrogens with one attached hydrogen (secondary N) is 1. The van der Waals surface area contributed by atoms with Crippen molar-refractivity contribution >= 4 is 16.0 Å². The minimum atomic E-state index is -3.87. The summed E-state index contributed by atoms with van der Waals surface area (Å²) >= 11 is 0. The van der Waals surface area contributed by atoms with Crippen molar-refractivity contribution in [2.45, 2.75) is 24.8 Å². The van der Waals surface area contributed by atoms with Crippen LogP contribution in [0.4, 0.5) is 0 Å². The molecule has 0 aliphatic heterocycles. The summed E-state index contributed by atoms with van der Waals surface area (Å²) in [5, 5.41) is 8.90. The number of aromatic nitrogens is 1. The number of sulfonamides is 1.